The first-order chi connectivity index (χ1) is 7.54. The second kappa shape index (κ2) is 5.26. The van der Waals surface area contributed by atoms with Crippen LogP contribution < -0.4 is 11.3 Å². The molecule has 6 nitrogen and oxygen atoms in total. The summed E-state index contributed by atoms with van der Waals surface area (Å²) in [6, 6.07) is 6.32. The van der Waals surface area contributed by atoms with Crippen molar-refractivity contribution in [2.24, 2.45) is 5.84 Å². The molecule has 0 unspecified atom stereocenters. The molecular formula is C9H15N3O3S. The number of nitrogens with one attached hydrogen (secondary N) is 1. The van der Waals surface area contributed by atoms with Gasteiger partial charge in [0, 0.05) is 13.6 Å². The normalized spacial score (nSPS) is 11.8. The third-order valence-electron chi connectivity index (χ3n) is 2.15. The van der Waals surface area contributed by atoms with Gasteiger partial charge in [-0.15, -0.1) is 0 Å². The Balaban J connectivity index is 3.16. The van der Waals surface area contributed by atoms with E-state index in [1.165, 1.54) is 13.1 Å². The Hall–Kier alpha value is -1.15. The van der Waals surface area contributed by atoms with E-state index < -0.39 is 10.0 Å². The molecule has 0 aliphatic rings. The Bertz CT molecular complexity index is 447. The van der Waals surface area contributed by atoms with E-state index >= 15 is 0 Å². The van der Waals surface area contributed by atoms with Crippen LogP contribution in [0.4, 0.5) is 5.69 Å². The number of para-hydroxylation sites is 1. The highest BCUT2D eigenvalue weighted by Gasteiger charge is 2.22. The molecule has 0 spiro atoms. The van der Waals surface area contributed by atoms with E-state index in [0.29, 0.717) is 5.69 Å². The average molecular weight is 245 g/mol. The summed E-state index contributed by atoms with van der Waals surface area (Å²) in [5.41, 5.74) is 2.66. The number of aliphatic hydroxyl groups excluding tert-OH is 1. The number of benzene rings is 1. The second-order valence-electron chi connectivity index (χ2n) is 3.19. The van der Waals surface area contributed by atoms with E-state index in [2.05, 4.69) is 5.43 Å². The van der Waals surface area contributed by atoms with Crippen LogP contribution in [0.5, 0.6) is 0 Å². The first-order valence-electron chi connectivity index (χ1n) is 4.67. The molecule has 16 heavy (non-hydrogen) atoms. The van der Waals surface area contributed by atoms with Crippen molar-refractivity contribution in [3.8, 4) is 0 Å². The smallest absolute Gasteiger partial charge is 0.244 e. The van der Waals surface area contributed by atoms with E-state index in [1.807, 2.05) is 0 Å². The minimum Gasteiger partial charge on any atom is -0.395 e. The fourth-order valence-electron chi connectivity index (χ4n) is 1.24. The summed E-state index contributed by atoms with van der Waals surface area (Å²) in [7, 11) is -2.21. The standard InChI is InChI=1S/C9H15N3O3S/c1-12(6-7-13)16(14,15)9-5-3-2-4-8(9)11-10/h2-5,11,13H,6-7,10H2,1H3. The van der Waals surface area contributed by atoms with Crippen LogP contribution in [-0.2, 0) is 10.0 Å². The molecule has 1 aromatic carbocycles. The summed E-state index contributed by atoms with van der Waals surface area (Å²) in [6.45, 7) is -0.185. The lowest BCUT2D eigenvalue weighted by Crippen LogP contribution is -2.30. The molecule has 0 saturated carbocycles. The summed E-state index contributed by atoms with van der Waals surface area (Å²) < 4.78 is 25.1. The highest BCUT2D eigenvalue weighted by molar-refractivity contribution is 7.89. The molecule has 0 saturated heterocycles. The Morgan fingerprint density at radius 1 is 1.44 bits per heavy atom. The van der Waals surface area contributed by atoms with Gasteiger partial charge in [0.25, 0.3) is 0 Å². The van der Waals surface area contributed by atoms with Gasteiger partial charge in [0.1, 0.15) is 4.90 Å². The van der Waals surface area contributed by atoms with Crippen molar-refractivity contribution in [1.29, 1.82) is 0 Å². The number of rotatable bonds is 5. The third kappa shape index (κ3) is 2.50. The molecule has 0 aromatic heterocycles. The van der Waals surface area contributed by atoms with Crippen LogP contribution >= 0.6 is 0 Å². The van der Waals surface area contributed by atoms with Crippen LogP contribution in [0.2, 0.25) is 0 Å². The minimum absolute atomic E-state index is 0.0429. The van der Waals surface area contributed by atoms with Gasteiger partial charge in [0.2, 0.25) is 10.0 Å². The van der Waals surface area contributed by atoms with Crippen LogP contribution in [0.15, 0.2) is 29.2 Å². The first kappa shape index (κ1) is 12.9. The van der Waals surface area contributed by atoms with Crippen molar-refractivity contribution in [2.45, 2.75) is 4.90 Å². The van der Waals surface area contributed by atoms with Crippen molar-refractivity contribution in [3.05, 3.63) is 24.3 Å². The Morgan fingerprint density at radius 2 is 2.06 bits per heavy atom. The van der Waals surface area contributed by atoms with E-state index in [1.54, 1.807) is 18.2 Å². The van der Waals surface area contributed by atoms with Crippen LogP contribution in [0, 0.1) is 0 Å². The SMILES string of the molecule is CN(CCO)S(=O)(=O)c1ccccc1NN. The van der Waals surface area contributed by atoms with Crippen LogP contribution in [0.3, 0.4) is 0 Å². The number of nitrogens with zero attached hydrogens (tertiary/aromatic N) is 1. The zero-order valence-electron chi connectivity index (χ0n) is 8.92. The van der Waals surface area contributed by atoms with Gasteiger partial charge < -0.3 is 10.5 Å². The van der Waals surface area contributed by atoms with E-state index in [0.717, 1.165) is 4.31 Å². The van der Waals surface area contributed by atoms with Gasteiger partial charge in [-0.1, -0.05) is 12.1 Å². The number of hydrogen-bond acceptors (Lipinski definition) is 5. The van der Waals surface area contributed by atoms with Gasteiger partial charge in [0.05, 0.1) is 12.3 Å². The van der Waals surface area contributed by atoms with E-state index in [-0.39, 0.29) is 18.0 Å². The summed E-state index contributed by atoms with van der Waals surface area (Å²) in [6.07, 6.45) is 0. The van der Waals surface area contributed by atoms with Crippen molar-refractivity contribution >= 4 is 15.7 Å². The first-order valence-corrected chi connectivity index (χ1v) is 6.11. The lowest BCUT2D eigenvalue weighted by atomic mass is 10.3. The number of likely N-dealkylation sites (N-methyl/N-ethyl adjacent to an activating group) is 1. The highest BCUT2D eigenvalue weighted by Crippen LogP contribution is 2.22. The summed E-state index contributed by atoms with van der Waals surface area (Å²) in [5.74, 6) is 5.24. The van der Waals surface area contributed by atoms with Crippen LogP contribution in [-0.4, -0.2) is 38.0 Å². The molecular weight excluding hydrogens is 230 g/mol. The molecule has 0 amide bonds. The number of hydrazine groups is 1. The molecule has 0 radical (unpaired) electrons. The van der Waals surface area contributed by atoms with Crippen LogP contribution in [0.1, 0.15) is 0 Å². The molecule has 0 heterocycles. The molecule has 90 valence electrons. The zero-order valence-corrected chi connectivity index (χ0v) is 9.74. The molecule has 0 fully saturated rings. The van der Waals surface area contributed by atoms with Crippen LogP contribution in [0.25, 0.3) is 0 Å². The molecule has 1 aromatic rings. The number of sulfonamides is 1. The highest BCUT2D eigenvalue weighted by atomic mass is 32.2. The molecule has 0 aliphatic carbocycles. The van der Waals surface area contributed by atoms with Crippen molar-refractivity contribution in [3.63, 3.8) is 0 Å². The summed E-state index contributed by atoms with van der Waals surface area (Å²) in [5, 5.41) is 8.73. The lowest BCUT2D eigenvalue weighted by Gasteiger charge is -2.17. The molecule has 0 bridgehead atoms. The topological polar surface area (TPSA) is 95.7 Å². The number of anilines is 1. The maximum absolute atomic E-state index is 12.0. The largest absolute Gasteiger partial charge is 0.395 e. The Morgan fingerprint density at radius 3 is 2.62 bits per heavy atom. The average Bonchev–Trinajstić information content (AvgIpc) is 2.29. The quantitative estimate of drug-likeness (QED) is 0.484. The van der Waals surface area contributed by atoms with Gasteiger partial charge in [-0.05, 0) is 12.1 Å². The van der Waals surface area contributed by atoms with Crippen molar-refractivity contribution in [1.82, 2.24) is 4.31 Å². The summed E-state index contributed by atoms with van der Waals surface area (Å²) in [4.78, 5) is 0.0912. The molecule has 4 N–H and O–H groups in total. The number of aliphatic hydroxyl groups is 1. The minimum atomic E-state index is -3.61. The lowest BCUT2D eigenvalue weighted by molar-refractivity contribution is 0.266. The van der Waals surface area contributed by atoms with E-state index in [4.69, 9.17) is 10.9 Å². The predicted octanol–water partition coefficient (Wildman–Crippen LogP) is -0.415. The van der Waals surface area contributed by atoms with E-state index in [9.17, 15) is 8.42 Å². The molecule has 1 rings (SSSR count). The fourth-order valence-corrected chi connectivity index (χ4v) is 2.55. The zero-order chi connectivity index (χ0) is 12.2. The molecule has 0 atom stereocenters. The van der Waals surface area contributed by atoms with Crippen molar-refractivity contribution < 1.29 is 13.5 Å². The van der Waals surface area contributed by atoms with Crippen molar-refractivity contribution in [2.75, 3.05) is 25.6 Å². The van der Waals surface area contributed by atoms with Gasteiger partial charge in [-0.2, -0.15) is 4.31 Å². The maximum Gasteiger partial charge on any atom is 0.244 e. The maximum atomic E-state index is 12.0. The van der Waals surface area contributed by atoms with Gasteiger partial charge in [0.15, 0.2) is 0 Å². The number of nitrogens with two attached hydrogens (primary N) is 1. The Labute approximate surface area is 94.7 Å². The third-order valence-corrected chi connectivity index (χ3v) is 4.06. The summed E-state index contributed by atoms with van der Waals surface area (Å²) >= 11 is 0. The predicted molar refractivity (Wildman–Crippen MR) is 61.2 cm³/mol. The number of nitrogen functional groups attached to an aromatic ring is 1. The van der Waals surface area contributed by atoms with Gasteiger partial charge >= 0.3 is 0 Å². The molecule has 0 aliphatic heterocycles. The monoisotopic (exact) mass is 245 g/mol. The fraction of sp³-hybridized carbons (Fsp3) is 0.333. The van der Waals surface area contributed by atoms with Gasteiger partial charge in [-0.3, -0.25) is 5.84 Å². The second-order valence-corrected chi connectivity index (χ2v) is 5.20. The molecule has 7 heteroatoms. The Kier molecular flexibility index (Phi) is 4.25. The van der Waals surface area contributed by atoms with Gasteiger partial charge in [-0.25, -0.2) is 8.42 Å². The number of hydrogen-bond donors (Lipinski definition) is 3.